The van der Waals surface area contributed by atoms with E-state index in [1.807, 2.05) is 13.8 Å². The number of piperazine rings is 1. The lowest BCUT2D eigenvalue weighted by molar-refractivity contribution is 0.590. The number of nitrogens with zero attached hydrogens (tertiary/aromatic N) is 4. The molecule has 1 saturated heterocycles. The van der Waals surface area contributed by atoms with E-state index in [-0.39, 0.29) is 10.3 Å². The largest absolute Gasteiger partial charge is 0.368 e. The SMILES string of the molecule is CCc1nc(N2CCN(c3ccc(C)cc3)CC2)nc(Nc2cc(C(C)(C)C)ccc2C)c1S(C)(=O)=O. The number of hydrogen-bond donors (Lipinski definition) is 1. The highest BCUT2D eigenvalue weighted by atomic mass is 32.2. The molecule has 37 heavy (non-hydrogen) atoms. The third kappa shape index (κ3) is 6.06. The number of aryl methyl sites for hydroxylation is 3. The molecule has 1 aliphatic rings. The lowest BCUT2D eigenvalue weighted by atomic mass is 9.86. The van der Waals surface area contributed by atoms with Gasteiger partial charge in [-0.25, -0.2) is 13.4 Å². The van der Waals surface area contributed by atoms with Crippen LogP contribution in [0.15, 0.2) is 47.4 Å². The van der Waals surface area contributed by atoms with Crippen molar-refractivity contribution in [3.8, 4) is 0 Å². The van der Waals surface area contributed by atoms with Crippen molar-refractivity contribution in [1.29, 1.82) is 0 Å². The minimum atomic E-state index is -3.56. The van der Waals surface area contributed by atoms with E-state index in [0.29, 0.717) is 23.9 Å². The van der Waals surface area contributed by atoms with Gasteiger partial charge in [0.1, 0.15) is 4.90 Å². The predicted octanol–water partition coefficient (Wildman–Crippen LogP) is 5.43. The van der Waals surface area contributed by atoms with Crippen LogP contribution in [0.4, 0.5) is 23.1 Å². The molecule has 2 aromatic carbocycles. The number of anilines is 4. The van der Waals surface area contributed by atoms with Gasteiger partial charge in [0.2, 0.25) is 5.95 Å². The van der Waals surface area contributed by atoms with E-state index in [1.54, 1.807) is 0 Å². The summed E-state index contributed by atoms with van der Waals surface area (Å²) in [5.41, 5.74) is 6.01. The van der Waals surface area contributed by atoms with Gasteiger partial charge in [-0.05, 0) is 55.0 Å². The molecule has 0 bridgehead atoms. The third-order valence-corrected chi connectivity index (χ3v) is 8.12. The van der Waals surface area contributed by atoms with Gasteiger partial charge in [0, 0.05) is 43.8 Å². The van der Waals surface area contributed by atoms with Crippen LogP contribution in [-0.4, -0.2) is 50.8 Å². The molecule has 0 atom stereocenters. The van der Waals surface area contributed by atoms with Crippen LogP contribution < -0.4 is 15.1 Å². The van der Waals surface area contributed by atoms with Gasteiger partial charge >= 0.3 is 0 Å². The lowest BCUT2D eigenvalue weighted by Gasteiger charge is -2.36. The van der Waals surface area contributed by atoms with Crippen LogP contribution in [0.3, 0.4) is 0 Å². The van der Waals surface area contributed by atoms with Crippen LogP contribution in [0.1, 0.15) is 50.1 Å². The van der Waals surface area contributed by atoms with Crippen molar-refractivity contribution in [3.63, 3.8) is 0 Å². The number of hydrogen-bond acceptors (Lipinski definition) is 7. The van der Waals surface area contributed by atoms with Gasteiger partial charge in [0.25, 0.3) is 0 Å². The van der Waals surface area contributed by atoms with Gasteiger partial charge in [-0.2, -0.15) is 4.98 Å². The molecule has 0 saturated carbocycles. The van der Waals surface area contributed by atoms with Crippen molar-refractivity contribution in [2.45, 2.75) is 58.3 Å². The Morgan fingerprint density at radius 1 is 0.919 bits per heavy atom. The molecule has 0 spiro atoms. The fraction of sp³-hybridized carbons (Fsp3) is 0.448. The Bertz CT molecular complexity index is 1370. The summed E-state index contributed by atoms with van der Waals surface area (Å²) >= 11 is 0. The second kappa shape index (κ2) is 10.3. The monoisotopic (exact) mass is 521 g/mol. The van der Waals surface area contributed by atoms with Gasteiger partial charge < -0.3 is 15.1 Å². The van der Waals surface area contributed by atoms with Gasteiger partial charge in [-0.15, -0.1) is 0 Å². The Morgan fingerprint density at radius 2 is 1.54 bits per heavy atom. The van der Waals surface area contributed by atoms with Crippen molar-refractivity contribution in [2.24, 2.45) is 0 Å². The van der Waals surface area contributed by atoms with Crippen molar-refractivity contribution < 1.29 is 8.42 Å². The van der Waals surface area contributed by atoms with E-state index in [4.69, 9.17) is 9.97 Å². The Morgan fingerprint density at radius 3 is 2.11 bits per heavy atom. The zero-order valence-corrected chi connectivity index (χ0v) is 23.9. The molecule has 2 heterocycles. The normalized spacial score (nSPS) is 14.7. The van der Waals surface area contributed by atoms with Gasteiger partial charge in [0.15, 0.2) is 15.7 Å². The first-order chi connectivity index (χ1) is 17.4. The molecule has 0 aliphatic carbocycles. The Balaban J connectivity index is 1.69. The molecular weight excluding hydrogens is 482 g/mol. The third-order valence-electron chi connectivity index (χ3n) is 6.95. The van der Waals surface area contributed by atoms with Crippen LogP contribution in [0.5, 0.6) is 0 Å². The average Bonchev–Trinajstić information content (AvgIpc) is 2.84. The molecule has 0 radical (unpaired) electrons. The van der Waals surface area contributed by atoms with E-state index < -0.39 is 9.84 Å². The number of nitrogens with one attached hydrogen (secondary N) is 1. The summed E-state index contributed by atoms with van der Waals surface area (Å²) in [6, 6.07) is 14.9. The highest BCUT2D eigenvalue weighted by Crippen LogP contribution is 2.33. The summed E-state index contributed by atoms with van der Waals surface area (Å²) in [7, 11) is -3.56. The molecule has 8 heteroatoms. The number of aromatic nitrogens is 2. The molecular formula is C29H39N5O2S. The Hall–Kier alpha value is -3.13. The van der Waals surface area contributed by atoms with Gasteiger partial charge in [-0.1, -0.05) is 57.5 Å². The second-order valence-electron chi connectivity index (χ2n) is 11.0. The van der Waals surface area contributed by atoms with Gasteiger partial charge in [-0.3, -0.25) is 0 Å². The quantitative estimate of drug-likeness (QED) is 0.464. The zero-order chi connectivity index (χ0) is 27.0. The summed E-state index contributed by atoms with van der Waals surface area (Å²) < 4.78 is 25.8. The molecule has 7 nitrogen and oxygen atoms in total. The first kappa shape index (κ1) is 26.9. The van der Waals surface area contributed by atoms with Crippen LogP contribution >= 0.6 is 0 Å². The maximum atomic E-state index is 12.9. The fourth-order valence-corrected chi connectivity index (χ4v) is 5.68. The number of rotatable bonds is 6. The molecule has 1 N–H and O–H groups in total. The molecule has 0 unspecified atom stereocenters. The number of benzene rings is 2. The predicted molar refractivity (Wildman–Crippen MR) is 153 cm³/mol. The van der Waals surface area contributed by atoms with E-state index in [9.17, 15) is 8.42 Å². The Kier molecular flexibility index (Phi) is 7.51. The van der Waals surface area contributed by atoms with Crippen LogP contribution in [0.2, 0.25) is 0 Å². The second-order valence-corrected chi connectivity index (χ2v) is 12.9. The first-order valence-electron chi connectivity index (χ1n) is 12.9. The minimum absolute atomic E-state index is 0.0354. The summed E-state index contributed by atoms with van der Waals surface area (Å²) in [6.45, 7) is 15.7. The standard InChI is InChI=1S/C29H39N5O2S/c1-8-24-26(37(7,35)36)27(30-25-19-22(29(4,5)6)12-11-21(25)3)32-28(31-24)34-17-15-33(16-18-34)23-13-9-20(2)10-14-23/h9-14,19H,8,15-18H2,1-7H3,(H,30,31,32). The maximum absolute atomic E-state index is 12.9. The van der Waals surface area contributed by atoms with Crippen LogP contribution in [0, 0.1) is 13.8 Å². The molecule has 3 aromatic rings. The number of sulfone groups is 1. The van der Waals surface area contributed by atoms with Gasteiger partial charge in [0.05, 0.1) is 5.69 Å². The van der Waals surface area contributed by atoms with Crippen molar-refractivity contribution in [3.05, 3.63) is 64.8 Å². The highest BCUT2D eigenvalue weighted by Gasteiger charge is 2.26. The summed E-state index contributed by atoms with van der Waals surface area (Å²) in [6.07, 6.45) is 1.73. The molecule has 198 valence electrons. The van der Waals surface area contributed by atoms with Crippen molar-refractivity contribution in [1.82, 2.24) is 9.97 Å². The maximum Gasteiger partial charge on any atom is 0.227 e. The minimum Gasteiger partial charge on any atom is -0.368 e. The first-order valence-corrected chi connectivity index (χ1v) is 14.8. The summed E-state index contributed by atoms with van der Waals surface area (Å²) in [4.78, 5) is 14.3. The van der Waals surface area contributed by atoms with Crippen LogP contribution in [0.25, 0.3) is 0 Å². The molecule has 4 rings (SSSR count). The summed E-state index contributed by atoms with van der Waals surface area (Å²) in [5.74, 6) is 0.916. The van der Waals surface area contributed by atoms with E-state index >= 15 is 0 Å². The average molecular weight is 522 g/mol. The van der Waals surface area contributed by atoms with Crippen molar-refractivity contribution >= 4 is 33.0 Å². The van der Waals surface area contributed by atoms with Crippen molar-refractivity contribution in [2.75, 3.05) is 47.6 Å². The topological polar surface area (TPSA) is 78.4 Å². The fourth-order valence-electron chi connectivity index (χ4n) is 4.61. The van der Waals surface area contributed by atoms with E-state index in [0.717, 1.165) is 37.4 Å². The van der Waals surface area contributed by atoms with Crippen LogP contribution in [-0.2, 0) is 21.7 Å². The van der Waals surface area contributed by atoms with E-state index in [1.165, 1.54) is 23.1 Å². The Labute approximate surface area is 221 Å². The molecule has 0 amide bonds. The lowest BCUT2D eigenvalue weighted by Crippen LogP contribution is -2.47. The highest BCUT2D eigenvalue weighted by molar-refractivity contribution is 7.91. The zero-order valence-electron chi connectivity index (χ0n) is 23.1. The molecule has 1 fully saturated rings. The molecule has 1 aromatic heterocycles. The summed E-state index contributed by atoms with van der Waals surface area (Å²) in [5, 5.41) is 3.39. The molecule has 1 aliphatic heterocycles. The smallest absolute Gasteiger partial charge is 0.227 e. The van der Waals surface area contributed by atoms with E-state index in [2.05, 4.69) is 85.3 Å².